The molecule has 0 radical (unpaired) electrons. The van der Waals surface area contributed by atoms with Gasteiger partial charge in [0.2, 0.25) is 5.88 Å². The van der Waals surface area contributed by atoms with Crippen LogP contribution in [-0.2, 0) is 13.0 Å². The lowest BCUT2D eigenvalue weighted by Crippen LogP contribution is -2.39. The SMILES string of the molecule is COc1cc(NC(=O)N2CCc3c(F)cc(F)cc3C2)ncn1. The Bertz CT molecular complexity index is 754. The summed E-state index contributed by atoms with van der Waals surface area (Å²) in [4.78, 5) is 21.5. The van der Waals surface area contributed by atoms with Crippen LogP contribution < -0.4 is 10.1 Å². The van der Waals surface area contributed by atoms with E-state index in [2.05, 4.69) is 15.3 Å². The molecule has 8 heteroatoms. The first-order chi connectivity index (χ1) is 11.1. The largest absolute Gasteiger partial charge is 0.481 e. The molecule has 120 valence electrons. The van der Waals surface area contributed by atoms with Gasteiger partial charge < -0.3 is 9.64 Å². The van der Waals surface area contributed by atoms with Gasteiger partial charge in [-0.2, -0.15) is 0 Å². The van der Waals surface area contributed by atoms with Crippen molar-refractivity contribution in [2.24, 2.45) is 0 Å². The zero-order valence-electron chi connectivity index (χ0n) is 12.3. The number of urea groups is 1. The Morgan fingerprint density at radius 2 is 2.13 bits per heavy atom. The van der Waals surface area contributed by atoms with E-state index in [1.165, 1.54) is 30.5 Å². The second kappa shape index (κ2) is 6.15. The lowest BCUT2D eigenvalue weighted by molar-refractivity contribution is 0.205. The Kier molecular flexibility index (Phi) is 4.05. The Morgan fingerprint density at radius 1 is 1.30 bits per heavy atom. The topological polar surface area (TPSA) is 67.3 Å². The molecule has 1 aliphatic heterocycles. The molecule has 3 rings (SSSR count). The highest BCUT2D eigenvalue weighted by Gasteiger charge is 2.24. The van der Waals surface area contributed by atoms with Crippen molar-refractivity contribution in [1.82, 2.24) is 14.9 Å². The maximum atomic E-state index is 13.7. The zero-order chi connectivity index (χ0) is 16.4. The van der Waals surface area contributed by atoms with E-state index in [1.807, 2.05) is 0 Å². The van der Waals surface area contributed by atoms with Crippen molar-refractivity contribution in [2.75, 3.05) is 19.0 Å². The van der Waals surface area contributed by atoms with Gasteiger partial charge in [0.15, 0.2) is 0 Å². The van der Waals surface area contributed by atoms with Crippen molar-refractivity contribution in [2.45, 2.75) is 13.0 Å². The van der Waals surface area contributed by atoms with Gasteiger partial charge in [0.25, 0.3) is 0 Å². The number of rotatable bonds is 2. The van der Waals surface area contributed by atoms with E-state index >= 15 is 0 Å². The third-order valence-electron chi connectivity index (χ3n) is 3.62. The number of fused-ring (bicyclic) bond motifs is 1. The molecule has 23 heavy (non-hydrogen) atoms. The van der Waals surface area contributed by atoms with Crippen LogP contribution in [0.3, 0.4) is 0 Å². The summed E-state index contributed by atoms with van der Waals surface area (Å²) < 4.78 is 32.0. The molecule has 0 bridgehead atoms. The van der Waals surface area contributed by atoms with Crippen LogP contribution in [0.5, 0.6) is 5.88 Å². The Labute approximate surface area is 131 Å². The molecule has 2 heterocycles. The molecule has 0 aliphatic carbocycles. The summed E-state index contributed by atoms with van der Waals surface area (Å²) in [5, 5.41) is 2.61. The summed E-state index contributed by atoms with van der Waals surface area (Å²) in [6.07, 6.45) is 1.60. The predicted molar refractivity (Wildman–Crippen MR) is 78.1 cm³/mol. The van der Waals surface area contributed by atoms with Gasteiger partial charge in [-0.3, -0.25) is 5.32 Å². The van der Waals surface area contributed by atoms with Crippen molar-refractivity contribution < 1.29 is 18.3 Å². The second-order valence-electron chi connectivity index (χ2n) is 5.07. The minimum atomic E-state index is -0.649. The maximum Gasteiger partial charge on any atom is 0.323 e. The molecular weight excluding hydrogens is 306 g/mol. The summed E-state index contributed by atoms with van der Waals surface area (Å²) >= 11 is 0. The number of methoxy groups -OCH3 is 1. The first kappa shape index (κ1) is 15.1. The van der Waals surface area contributed by atoms with Crippen LogP contribution in [-0.4, -0.2) is 34.6 Å². The zero-order valence-corrected chi connectivity index (χ0v) is 12.3. The first-order valence-electron chi connectivity index (χ1n) is 6.95. The third-order valence-corrected chi connectivity index (χ3v) is 3.62. The molecular formula is C15H14F2N4O2. The van der Waals surface area contributed by atoms with Crippen LogP contribution in [0.4, 0.5) is 19.4 Å². The number of anilines is 1. The average Bonchev–Trinajstić information content (AvgIpc) is 2.54. The lowest BCUT2D eigenvalue weighted by atomic mass is 9.99. The van der Waals surface area contributed by atoms with E-state index < -0.39 is 17.7 Å². The molecule has 1 aromatic carbocycles. The van der Waals surface area contributed by atoms with Gasteiger partial charge in [-0.05, 0) is 23.6 Å². The summed E-state index contributed by atoms with van der Waals surface area (Å²) in [6, 6.07) is 3.20. The number of benzene rings is 1. The number of nitrogens with zero attached hydrogens (tertiary/aromatic N) is 3. The number of halogens is 2. The molecule has 0 saturated heterocycles. The van der Waals surface area contributed by atoms with Gasteiger partial charge in [-0.15, -0.1) is 0 Å². The first-order valence-corrected chi connectivity index (χ1v) is 6.95. The van der Waals surface area contributed by atoms with Crippen molar-refractivity contribution in [3.05, 3.63) is 47.3 Å². The van der Waals surface area contributed by atoms with Crippen LogP contribution in [0, 0.1) is 11.6 Å². The molecule has 6 nitrogen and oxygen atoms in total. The molecule has 0 unspecified atom stereocenters. The van der Waals surface area contributed by atoms with E-state index in [0.29, 0.717) is 30.0 Å². The molecule has 0 spiro atoms. The molecule has 2 amide bonds. The van der Waals surface area contributed by atoms with Gasteiger partial charge >= 0.3 is 6.03 Å². The van der Waals surface area contributed by atoms with Gasteiger partial charge in [0.1, 0.15) is 23.8 Å². The van der Waals surface area contributed by atoms with Crippen molar-refractivity contribution in [3.8, 4) is 5.88 Å². The molecule has 0 atom stereocenters. The van der Waals surface area contributed by atoms with E-state index in [1.54, 1.807) is 0 Å². The summed E-state index contributed by atoms with van der Waals surface area (Å²) in [5.74, 6) is -0.605. The maximum absolute atomic E-state index is 13.7. The average molecular weight is 320 g/mol. The van der Waals surface area contributed by atoms with Gasteiger partial charge in [0, 0.05) is 25.2 Å². The van der Waals surface area contributed by atoms with Crippen LogP contribution in [0.25, 0.3) is 0 Å². The number of aromatic nitrogens is 2. The Morgan fingerprint density at radius 3 is 2.91 bits per heavy atom. The number of nitrogens with one attached hydrogen (secondary N) is 1. The second-order valence-corrected chi connectivity index (χ2v) is 5.07. The third kappa shape index (κ3) is 3.20. The number of carbonyl (C=O) groups is 1. The minimum absolute atomic E-state index is 0.137. The molecule has 1 aromatic heterocycles. The summed E-state index contributed by atoms with van der Waals surface area (Å²) in [5.41, 5.74) is 0.934. The van der Waals surface area contributed by atoms with Gasteiger partial charge in [-0.25, -0.2) is 23.5 Å². The Hall–Kier alpha value is -2.77. The smallest absolute Gasteiger partial charge is 0.323 e. The highest BCUT2D eigenvalue weighted by molar-refractivity contribution is 5.88. The van der Waals surface area contributed by atoms with Crippen molar-refractivity contribution >= 4 is 11.8 Å². The lowest BCUT2D eigenvalue weighted by Gasteiger charge is -2.29. The fourth-order valence-electron chi connectivity index (χ4n) is 2.49. The van der Waals surface area contributed by atoms with E-state index in [-0.39, 0.29) is 12.4 Å². The number of hydrogen-bond acceptors (Lipinski definition) is 4. The molecule has 1 aliphatic rings. The van der Waals surface area contributed by atoms with E-state index in [4.69, 9.17) is 4.74 Å². The normalized spacial score (nSPS) is 13.4. The summed E-state index contributed by atoms with van der Waals surface area (Å²) in [6.45, 7) is 0.474. The standard InChI is InChI=1S/C15H14F2N4O2/c1-23-14-6-13(18-8-19-14)20-15(22)21-3-2-11-9(7-21)4-10(16)5-12(11)17/h4-6,8H,2-3,7H2,1H3,(H,18,19,20,22). The molecule has 0 saturated carbocycles. The Balaban J connectivity index is 1.74. The molecule has 0 fully saturated rings. The van der Waals surface area contributed by atoms with E-state index in [0.717, 1.165) is 6.07 Å². The van der Waals surface area contributed by atoms with E-state index in [9.17, 15) is 13.6 Å². The highest BCUT2D eigenvalue weighted by atomic mass is 19.1. The summed E-state index contributed by atoms with van der Waals surface area (Å²) in [7, 11) is 1.46. The molecule has 1 N–H and O–H groups in total. The van der Waals surface area contributed by atoms with Crippen LogP contribution in [0.15, 0.2) is 24.5 Å². The fourth-order valence-corrected chi connectivity index (χ4v) is 2.49. The van der Waals surface area contributed by atoms with Gasteiger partial charge in [-0.1, -0.05) is 0 Å². The number of carbonyl (C=O) groups excluding carboxylic acids is 1. The minimum Gasteiger partial charge on any atom is -0.481 e. The van der Waals surface area contributed by atoms with Gasteiger partial charge in [0.05, 0.1) is 7.11 Å². The quantitative estimate of drug-likeness (QED) is 0.922. The van der Waals surface area contributed by atoms with Crippen molar-refractivity contribution in [3.63, 3.8) is 0 Å². The highest BCUT2D eigenvalue weighted by Crippen LogP contribution is 2.23. The van der Waals surface area contributed by atoms with Crippen LogP contribution >= 0.6 is 0 Å². The van der Waals surface area contributed by atoms with Crippen LogP contribution in [0.1, 0.15) is 11.1 Å². The number of hydrogen-bond donors (Lipinski definition) is 1. The number of ether oxygens (including phenoxy) is 1. The van der Waals surface area contributed by atoms with Crippen LogP contribution in [0.2, 0.25) is 0 Å². The number of amides is 2. The monoisotopic (exact) mass is 320 g/mol. The predicted octanol–water partition coefficient (Wildman–Crippen LogP) is 2.35. The molecule has 2 aromatic rings. The van der Waals surface area contributed by atoms with Crippen molar-refractivity contribution in [1.29, 1.82) is 0 Å². The fraction of sp³-hybridized carbons (Fsp3) is 0.267.